The van der Waals surface area contributed by atoms with Gasteiger partial charge >= 0.3 is 0 Å². The molecule has 1 aromatic rings. The Morgan fingerprint density at radius 3 is 2.21 bits per heavy atom. The number of nitrogens with zero attached hydrogens (tertiary/aromatic N) is 1. The first-order valence-electron chi connectivity index (χ1n) is 5.36. The van der Waals surface area contributed by atoms with E-state index in [0.29, 0.717) is 6.04 Å². The first-order chi connectivity index (χ1) is 6.67. The van der Waals surface area contributed by atoms with Gasteiger partial charge in [-0.05, 0) is 44.5 Å². The maximum Gasteiger partial charge on any atom is 0.0379 e. The van der Waals surface area contributed by atoms with Crippen molar-refractivity contribution in [3.63, 3.8) is 0 Å². The molecule has 0 aliphatic heterocycles. The predicted molar refractivity (Wildman–Crippen MR) is 60.4 cm³/mol. The van der Waals surface area contributed by atoms with Gasteiger partial charge in [0.15, 0.2) is 0 Å². The van der Waals surface area contributed by atoms with Crippen molar-refractivity contribution in [2.24, 2.45) is 0 Å². The largest absolute Gasteiger partial charge is 0.310 e. The van der Waals surface area contributed by atoms with E-state index in [2.05, 4.69) is 50.1 Å². The molecule has 0 bridgehead atoms. The average molecular weight is 192 g/mol. The topological polar surface area (TPSA) is 24.9 Å². The van der Waals surface area contributed by atoms with Crippen LogP contribution in [0.3, 0.4) is 0 Å². The highest BCUT2D eigenvalue weighted by atomic mass is 14.9. The SMILES string of the molecule is CCNC(CC)c1cc(C)nc(C)c1. The molecule has 0 aliphatic carbocycles. The molecule has 78 valence electrons. The van der Waals surface area contributed by atoms with Crippen LogP contribution in [0.1, 0.15) is 43.3 Å². The summed E-state index contributed by atoms with van der Waals surface area (Å²) in [6.45, 7) is 9.46. The fourth-order valence-electron chi connectivity index (χ4n) is 1.81. The molecule has 0 fully saturated rings. The summed E-state index contributed by atoms with van der Waals surface area (Å²) in [6, 6.07) is 4.81. The molecule has 2 heteroatoms. The molecule has 0 spiro atoms. The van der Waals surface area contributed by atoms with Crippen molar-refractivity contribution in [3.8, 4) is 0 Å². The average Bonchev–Trinajstić information content (AvgIpc) is 2.12. The summed E-state index contributed by atoms with van der Waals surface area (Å²) in [7, 11) is 0. The van der Waals surface area contributed by atoms with E-state index in [0.717, 1.165) is 24.4 Å². The number of aryl methyl sites for hydroxylation is 2. The molecule has 0 radical (unpaired) electrons. The van der Waals surface area contributed by atoms with Gasteiger partial charge in [0.05, 0.1) is 0 Å². The van der Waals surface area contributed by atoms with Gasteiger partial charge in [-0.3, -0.25) is 4.98 Å². The minimum atomic E-state index is 0.473. The van der Waals surface area contributed by atoms with Crippen molar-refractivity contribution < 1.29 is 0 Å². The fourth-order valence-corrected chi connectivity index (χ4v) is 1.81. The van der Waals surface area contributed by atoms with Gasteiger partial charge in [0.25, 0.3) is 0 Å². The smallest absolute Gasteiger partial charge is 0.0379 e. The number of hydrogen-bond donors (Lipinski definition) is 1. The lowest BCUT2D eigenvalue weighted by Crippen LogP contribution is -2.20. The van der Waals surface area contributed by atoms with E-state index in [9.17, 15) is 0 Å². The highest BCUT2D eigenvalue weighted by Crippen LogP contribution is 2.17. The van der Waals surface area contributed by atoms with E-state index in [1.54, 1.807) is 0 Å². The van der Waals surface area contributed by atoms with Gasteiger partial charge < -0.3 is 5.32 Å². The molecule has 1 aromatic heterocycles. The summed E-state index contributed by atoms with van der Waals surface area (Å²) in [5.74, 6) is 0. The zero-order valence-electron chi connectivity index (χ0n) is 9.59. The summed E-state index contributed by atoms with van der Waals surface area (Å²) in [5.41, 5.74) is 3.58. The van der Waals surface area contributed by atoms with Gasteiger partial charge in [-0.15, -0.1) is 0 Å². The lowest BCUT2D eigenvalue weighted by molar-refractivity contribution is 0.536. The Morgan fingerprint density at radius 1 is 1.21 bits per heavy atom. The lowest BCUT2D eigenvalue weighted by Gasteiger charge is -2.17. The first kappa shape index (κ1) is 11.2. The van der Waals surface area contributed by atoms with Gasteiger partial charge in [-0.25, -0.2) is 0 Å². The molecule has 0 saturated carbocycles. The summed E-state index contributed by atoms with van der Waals surface area (Å²) in [4.78, 5) is 4.38. The Morgan fingerprint density at radius 2 is 1.79 bits per heavy atom. The fraction of sp³-hybridized carbons (Fsp3) is 0.583. The van der Waals surface area contributed by atoms with Crippen molar-refractivity contribution in [2.75, 3.05) is 6.54 Å². The molecule has 1 atom stereocenters. The summed E-state index contributed by atoms with van der Waals surface area (Å²) < 4.78 is 0. The van der Waals surface area contributed by atoms with Crippen molar-refractivity contribution in [3.05, 3.63) is 29.1 Å². The Bertz CT molecular complexity index is 274. The molecule has 0 amide bonds. The van der Waals surface area contributed by atoms with Crippen LogP contribution in [-0.2, 0) is 0 Å². The van der Waals surface area contributed by atoms with Crippen LogP contribution in [0.15, 0.2) is 12.1 Å². The molecule has 1 heterocycles. The summed E-state index contributed by atoms with van der Waals surface area (Å²) >= 11 is 0. The molecule has 0 aromatic carbocycles. The lowest BCUT2D eigenvalue weighted by atomic mass is 10.0. The third-order valence-corrected chi connectivity index (χ3v) is 2.36. The second-order valence-electron chi connectivity index (χ2n) is 3.70. The molecular weight excluding hydrogens is 172 g/mol. The molecule has 2 nitrogen and oxygen atoms in total. The van der Waals surface area contributed by atoms with E-state index in [1.165, 1.54) is 5.56 Å². The number of aromatic nitrogens is 1. The van der Waals surface area contributed by atoms with E-state index in [4.69, 9.17) is 0 Å². The molecule has 1 unspecified atom stereocenters. The molecule has 14 heavy (non-hydrogen) atoms. The number of nitrogens with one attached hydrogen (secondary N) is 1. The third-order valence-electron chi connectivity index (χ3n) is 2.36. The molecule has 0 aliphatic rings. The Kier molecular flexibility index (Phi) is 4.08. The Hall–Kier alpha value is -0.890. The van der Waals surface area contributed by atoms with Crippen molar-refractivity contribution >= 4 is 0 Å². The minimum absolute atomic E-state index is 0.473. The standard InChI is InChI=1S/C12H20N2/c1-5-12(13-6-2)11-7-9(3)14-10(4)8-11/h7-8,12-13H,5-6H2,1-4H3. The number of pyridine rings is 1. The van der Waals surface area contributed by atoms with Crippen molar-refractivity contribution in [1.29, 1.82) is 0 Å². The van der Waals surface area contributed by atoms with Crippen LogP contribution in [0.5, 0.6) is 0 Å². The van der Waals surface area contributed by atoms with Gasteiger partial charge in [0.1, 0.15) is 0 Å². The highest BCUT2D eigenvalue weighted by Gasteiger charge is 2.08. The maximum atomic E-state index is 4.38. The minimum Gasteiger partial charge on any atom is -0.310 e. The van der Waals surface area contributed by atoms with Gasteiger partial charge in [0, 0.05) is 17.4 Å². The zero-order valence-corrected chi connectivity index (χ0v) is 9.59. The second-order valence-corrected chi connectivity index (χ2v) is 3.70. The van der Waals surface area contributed by atoms with Crippen LogP contribution in [0.4, 0.5) is 0 Å². The highest BCUT2D eigenvalue weighted by molar-refractivity contribution is 5.23. The van der Waals surface area contributed by atoms with Crippen LogP contribution in [0.2, 0.25) is 0 Å². The van der Waals surface area contributed by atoms with E-state index < -0.39 is 0 Å². The van der Waals surface area contributed by atoms with Crippen LogP contribution >= 0.6 is 0 Å². The monoisotopic (exact) mass is 192 g/mol. The van der Waals surface area contributed by atoms with Gasteiger partial charge in [0.2, 0.25) is 0 Å². The maximum absolute atomic E-state index is 4.38. The zero-order chi connectivity index (χ0) is 10.6. The number of hydrogen-bond acceptors (Lipinski definition) is 2. The third kappa shape index (κ3) is 2.81. The molecule has 1 rings (SSSR count). The van der Waals surface area contributed by atoms with Crippen LogP contribution < -0.4 is 5.32 Å². The summed E-state index contributed by atoms with van der Waals surface area (Å²) in [6.07, 6.45) is 1.12. The molecule has 0 saturated heterocycles. The normalized spacial score (nSPS) is 12.9. The second kappa shape index (κ2) is 5.11. The molecule has 1 N–H and O–H groups in total. The van der Waals surface area contributed by atoms with Gasteiger partial charge in [-0.2, -0.15) is 0 Å². The van der Waals surface area contributed by atoms with Crippen LogP contribution in [-0.4, -0.2) is 11.5 Å². The Labute approximate surface area is 86.8 Å². The Balaban J connectivity index is 2.91. The van der Waals surface area contributed by atoms with Gasteiger partial charge in [-0.1, -0.05) is 13.8 Å². The van der Waals surface area contributed by atoms with E-state index in [1.807, 2.05) is 0 Å². The summed E-state index contributed by atoms with van der Waals surface area (Å²) in [5, 5.41) is 3.48. The predicted octanol–water partition coefficient (Wildman–Crippen LogP) is 2.76. The number of rotatable bonds is 4. The van der Waals surface area contributed by atoms with Crippen molar-refractivity contribution in [2.45, 2.75) is 40.2 Å². The first-order valence-corrected chi connectivity index (χ1v) is 5.36. The quantitative estimate of drug-likeness (QED) is 0.793. The molecular formula is C12H20N2. The van der Waals surface area contributed by atoms with E-state index in [-0.39, 0.29) is 0 Å². The van der Waals surface area contributed by atoms with Crippen LogP contribution in [0.25, 0.3) is 0 Å². The van der Waals surface area contributed by atoms with Crippen molar-refractivity contribution in [1.82, 2.24) is 10.3 Å². The van der Waals surface area contributed by atoms with Crippen LogP contribution in [0, 0.1) is 13.8 Å². The van der Waals surface area contributed by atoms with E-state index >= 15 is 0 Å².